The van der Waals surface area contributed by atoms with Gasteiger partial charge in [0.25, 0.3) is 0 Å². The van der Waals surface area contributed by atoms with Crippen LogP contribution >= 0.6 is 0 Å². The third-order valence-electron chi connectivity index (χ3n) is 4.06. The van der Waals surface area contributed by atoms with E-state index >= 15 is 0 Å². The van der Waals surface area contributed by atoms with Crippen molar-refractivity contribution >= 4 is 6.21 Å². The Morgan fingerprint density at radius 3 is 2.58 bits per heavy atom. The van der Waals surface area contributed by atoms with Gasteiger partial charge in [-0.1, -0.05) is 17.2 Å². The third kappa shape index (κ3) is 2.61. The topological polar surface area (TPSA) is 96.7 Å². The van der Waals surface area contributed by atoms with Gasteiger partial charge in [0.2, 0.25) is 5.82 Å². The lowest BCUT2D eigenvalue weighted by atomic mass is 10.0. The molecule has 0 radical (unpaired) electrons. The number of oxime groups is 1. The molecular weight excluding hydrogens is 346 g/mol. The molecule has 0 unspecified atom stereocenters. The summed E-state index contributed by atoms with van der Waals surface area (Å²) in [5, 5.41) is 29.7. The lowest BCUT2D eigenvalue weighted by Gasteiger charge is -2.10. The van der Waals surface area contributed by atoms with Crippen LogP contribution in [0.4, 0.5) is 8.78 Å². The van der Waals surface area contributed by atoms with Gasteiger partial charge in [-0.3, -0.25) is 0 Å². The van der Waals surface area contributed by atoms with Crippen LogP contribution in [0.3, 0.4) is 0 Å². The van der Waals surface area contributed by atoms with Gasteiger partial charge in [0.05, 0.1) is 28.9 Å². The molecule has 2 aromatic heterocycles. The third-order valence-corrected chi connectivity index (χ3v) is 4.06. The van der Waals surface area contributed by atoms with Crippen LogP contribution in [0.25, 0.3) is 16.9 Å². The first-order valence-electron chi connectivity index (χ1n) is 7.80. The number of aromatic hydroxyl groups is 1. The van der Waals surface area contributed by atoms with E-state index in [0.29, 0.717) is 40.4 Å². The van der Waals surface area contributed by atoms with Crippen molar-refractivity contribution in [1.82, 2.24) is 14.9 Å². The van der Waals surface area contributed by atoms with Gasteiger partial charge in [0, 0.05) is 5.56 Å². The molecular formula is C17H16F2N4O3. The number of hydrogen-bond donors (Lipinski definition) is 2. The molecule has 0 aliphatic heterocycles. The number of hydrogen-bond acceptors (Lipinski definition) is 6. The van der Waals surface area contributed by atoms with Gasteiger partial charge in [-0.05, 0) is 32.4 Å². The number of benzene rings is 1. The second kappa shape index (κ2) is 6.58. The highest BCUT2D eigenvalue weighted by atomic mass is 19.2. The zero-order valence-corrected chi connectivity index (χ0v) is 14.3. The molecule has 0 amide bonds. The van der Waals surface area contributed by atoms with E-state index in [2.05, 4.69) is 15.4 Å². The first-order valence-corrected chi connectivity index (χ1v) is 7.80. The molecule has 2 heterocycles. The highest BCUT2D eigenvalue weighted by Crippen LogP contribution is 2.35. The van der Waals surface area contributed by atoms with Gasteiger partial charge in [0.1, 0.15) is 11.4 Å². The van der Waals surface area contributed by atoms with Gasteiger partial charge in [-0.15, -0.1) is 0 Å². The maximum Gasteiger partial charge on any atom is 0.202 e. The lowest BCUT2D eigenvalue weighted by Crippen LogP contribution is -2.05. The van der Waals surface area contributed by atoms with Gasteiger partial charge in [0.15, 0.2) is 11.6 Å². The molecule has 0 spiro atoms. The summed E-state index contributed by atoms with van der Waals surface area (Å²) < 4.78 is 34.7. The van der Waals surface area contributed by atoms with E-state index in [1.807, 2.05) is 6.92 Å². The fourth-order valence-electron chi connectivity index (χ4n) is 2.86. The van der Waals surface area contributed by atoms with Crippen LogP contribution in [0.2, 0.25) is 0 Å². The molecule has 136 valence electrons. The SMILES string of the molecule is CCc1nn(-c2ccc(O)c(F)c2F)c(-c2c(C)noc2C)c1/C=N\O. The fourth-order valence-corrected chi connectivity index (χ4v) is 2.86. The van der Waals surface area contributed by atoms with Crippen LogP contribution in [0.1, 0.15) is 29.6 Å². The van der Waals surface area contributed by atoms with Gasteiger partial charge in [-0.25, -0.2) is 9.07 Å². The second-order valence-electron chi connectivity index (χ2n) is 5.65. The van der Waals surface area contributed by atoms with Crippen LogP contribution in [0, 0.1) is 25.5 Å². The minimum atomic E-state index is -1.38. The molecule has 3 aromatic rings. The molecule has 0 fully saturated rings. The van der Waals surface area contributed by atoms with Gasteiger partial charge in [-0.2, -0.15) is 9.49 Å². The molecule has 0 bridgehead atoms. The van der Waals surface area contributed by atoms with Crippen LogP contribution in [0.15, 0.2) is 21.8 Å². The summed E-state index contributed by atoms with van der Waals surface area (Å²) in [7, 11) is 0. The molecule has 26 heavy (non-hydrogen) atoms. The summed E-state index contributed by atoms with van der Waals surface area (Å²) in [4.78, 5) is 0. The predicted octanol–water partition coefficient (Wildman–Crippen LogP) is 3.50. The molecule has 3 rings (SSSR count). The molecule has 2 N–H and O–H groups in total. The van der Waals surface area contributed by atoms with E-state index in [9.17, 15) is 13.9 Å². The Hall–Kier alpha value is -3.23. The smallest absolute Gasteiger partial charge is 0.202 e. The molecule has 0 saturated carbocycles. The van der Waals surface area contributed by atoms with Crippen molar-refractivity contribution in [2.75, 3.05) is 0 Å². The summed E-state index contributed by atoms with van der Waals surface area (Å²) in [6.07, 6.45) is 1.63. The Bertz CT molecular complexity index is 989. The van der Waals surface area contributed by atoms with E-state index in [4.69, 9.17) is 9.73 Å². The first-order chi connectivity index (χ1) is 12.4. The quantitative estimate of drug-likeness (QED) is 0.421. The number of aryl methyl sites for hydroxylation is 3. The Balaban J connectivity index is 2.42. The fraction of sp³-hybridized carbons (Fsp3) is 0.235. The highest BCUT2D eigenvalue weighted by molar-refractivity contribution is 5.91. The molecule has 0 saturated heterocycles. The zero-order chi connectivity index (χ0) is 19.0. The summed E-state index contributed by atoms with van der Waals surface area (Å²) in [5.74, 6) is -2.99. The van der Waals surface area contributed by atoms with Crippen LogP contribution in [0.5, 0.6) is 5.75 Å². The summed E-state index contributed by atoms with van der Waals surface area (Å²) in [6.45, 7) is 5.20. The van der Waals surface area contributed by atoms with Crippen molar-refractivity contribution in [3.05, 3.63) is 46.5 Å². The summed E-state index contributed by atoms with van der Waals surface area (Å²) >= 11 is 0. The van der Waals surface area contributed by atoms with Crippen molar-refractivity contribution in [3.8, 4) is 22.7 Å². The summed E-state index contributed by atoms with van der Waals surface area (Å²) in [6, 6.07) is 2.25. The number of phenols is 1. The number of phenolic OH excluding ortho intramolecular Hbond substituents is 1. The number of aromatic nitrogens is 3. The largest absolute Gasteiger partial charge is 0.505 e. The highest BCUT2D eigenvalue weighted by Gasteiger charge is 2.26. The Morgan fingerprint density at radius 1 is 1.27 bits per heavy atom. The Morgan fingerprint density at radius 2 is 2.00 bits per heavy atom. The number of nitrogens with zero attached hydrogens (tertiary/aromatic N) is 4. The normalized spacial score (nSPS) is 11.6. The van der Waals surface area contributed by atoms with Crippen molar-refractivity contribution in [2.45, 2.75) is 27.2 Å². The van der Waals surface area contributed by atoms with Crippen LogP contribution < -0.4 is 0 Å². The Kier molecular flexibility index (Phi) is 4.45. The minimum Gasteiger partial charge on any atom is -0.505 e. The average Bonchev–Trinajstić information content (AvgIpc) is 3.13. The van der Waals surface area contributed by atoms with Gasteiger partial charge < -0.3 is 14.8 Å². The average molecular weight is 362 g/mol. The van der Waals surface area contributed by atoms with Crippen molar-refractivity contribution in [1.29, 1.82) is 0 Å². The van der Waals surface area contributed by atoms with Crippen LogP contribution in [-0.2, 0) is 6.42 Å². The first kappa shape index (κ1) is 17.6. The number of halogens is 2. The lowest BCUT2D eigenvalue weighted by molar-refractivity contribution is 0.322. The van der Waals surface area contributed by atoms with Crippen LogP contribution in [-0.4, -0.2) is 31.5 Å². The molecule has 1 aromatic carbocycles. The van der Waals surface area contributed by atoms with E-state index in [1.54, 1.807) is 13.8 Å². The molecule has 0 aliphatic rings. The van der Waals surface area contributed by atoms with E-state index in [-0.39, 0.29) is 5.69 Å². The molecule has 0 aliphatic carbocycles. The predicted molar refractivity (Wildman–Crippen MR) is 88.9 cm³/mol. The monoisotopic (exact) mass is 362 g/mol. The van der Waals surface area contributed by atoms with Crippen molar-refractivity contribution in [3.63, 3.8) is 0 Å². The summed E-state index contributed by atoms with van der Waals surface area (Å²) in [5.41, 5.74) is 2.11. The molecule has 0 atom stereocenters. The zero-order valence-electron chi connectivity index (χ0n) is 14.3. The molecule has 9 heteroatoms. The van der Waals surface area contributed by atoms with E-state index < -0.39 is 17.4 Å². The van der Waals surface area contributed by atoms with E-state index in [0.717, 1.165) is 6.07 Å². The maximum absolute atomic E-state index is 14.5. The van der Waals surface area contributed by atoms with Crippen molar-refractivity contribution < 1.29 is 23.6 Å². The maximum atomic E-state index is 14.5. The van der Waals surface area contributed by atoms with Gasteiger partial charge >= 0.3 is 0 Å². The standard InChI is InChI=1S/C17H16F2N4O3/c1-4-11-10(7-20-25)17(14-8(2)22-26-9(14)3)23(21-11)12-5-6-13(24)16(19)15(12)18/h5-7,24-25H,4H2,1-3H3/b20-7-. The number of rotatable bonds is 4. The molecule has 7 nitrogen and oxygen atoms in total. The van der Waals surface area contributed by atoms with Crippen molar-refractivity contribution in [2.24, 2.45) is 5.16 Å². The second-order valence-corrected chi connectivity index (χ2v) is 5.65. The minimum absolute atomic E-state index is 0.206. The Labute approximate surface area is 147 Å². The van der Waals surface area contributed by atoms with E-state index in [1.165, 1.54) is 17.0 Å².